The minimum Gasteiger partial charge on any atom is -0.370 e. The summed E-state index contributed by atoms with van der Waals surface area (Å²) in [6.07, 6.45) is 3.29. The molecule has 1 fully saturated rings. The minimum atomic E-state index is -1.27. The average molecular weight is 860 g/mol. The molecule has 1 aliphatic rings. The highest BCUT2D eigenvalue weighted by Gasteiger charge is 2.44. The van der Waals surface area contributed by atoms with Crippen LogP contribution >= 0.6 is 0 Å². The summed E-state index contributed by atoms with van der Waals surface area (Å²) in [7, 11) is 0. The van der Waals surface area contributed by atoms with Crippen molar-refractivity contribution in [1.29, 1.82) is 5.41 Å². The minimum absolute atomic E-state index is 0.0457. The van der Waals surface area contributed by atoms with Gasteiger partial charge in [-0.3, -0.25) is 34.2 Å². The number of nitrogens with two attached hydrogens (primary N) is 2. The number of rotatable bonds is 21. The van der Waals surface area contributed by atoms with Crippen LogP contribution < -0.4 is 43.4 Å². The molecule has 0 bridgehead atoms. The van der Waals surface area contributed by atoms with Gasteiger partial charge in [-0.2, -0.15) is 0 Å². The van der Waals surface area contributed by atoms with Gasteiger partial charge in [-0.1, -0.05) is 110 Å². The number of primary amides is 1. The zero-order chi connectivity index (χ0) is 45.4. The standard InChI is InChI=1S/C48H61N9O6/c1-3-13-41(58)57-48(25-23-36(24-26-48)34-16-8-5-9-17-34)46(63)56-40(29-32-14-6-4-7-15-32)45(62)54-38(20-12-27-52-47(50)51)43(60)55-39(44(61)53-31(2)42(49)59)30-33-21-22-35-18-10-11-19-37(35)28-33/h4-11,14-19,21-22,28,31,36,38-40H,3,12-13,20,23-27,29-30H2,1-2H3,(H2,49,59)(H,53,61)(H,54,62)(H,55,60)(H,56,63)(H,57,58)(H4,50,51,52)/t31-,36-,38-,39-,40+,48+/m0/s1. The van der Waals surface area contributed by atoms with Crippen molar-refractivity contribution >= 4 is 52.2 Å². The molecule has 4 aromatic rings. The fraction of sp³-hybridized carbons (Fsp3) is 0.396. The molecule has 15 nitrogen and oxygen atoms in total. The number of hydrogen-bond donors (Lipinski definition) is 9. The number of benzene rings is 4. The molecule has 5 rings (SSSR count). The summed E-state index contributed by atoms with van der Waals surface area (Å²) >= 11 is 0. The Morgan fingerprint density at radius 2 is 1.27 bits per heavy atom. The van der Waals surface area contributed by atoms with Gasteiger partial charge >= 0.3 is 0 Å². The molecule has 1 saturated carbocycles. The van der Waals surface area contributed by atoms with E-state index in [1.54, 1.807) is 0 Å². The zero-order valence-electron chi connectivity index (χ0n) is 36.1. The largest absolute Gasteiger partial charge is 0.370 e. The van der Waals surface area contributed by atoms with Crippen molar-refractivity contribution < 1.29 is 28.8 Å². The van der Waals surface area contributed by atoms with Crippen molar-refractivity contribution in [2.75, 3.05) is 6.54 Å². The summed E-state index contributed by atoms with van der Waals surface area (Å²) in [5.41, 5.74) is 12.3. The predicted octanol–water partition coefficient (Wildman–Crippen LogP) is 3.35. The normalized spacial score (nSPS) is 17.8. The molecule has 0 aromatic heterocycles. The van der Waals surface area contributed by atoms with Crippen LogP contribution in [0.15, 0.2) is 103 Å². The Labute approximate surface area is 368 Å². The topological polar surface area (TPSA) is 250 Å². The predicted molar refractivity (Wildman–Crippen MR) is 243 cm³/mol. The number of carbonyl (C=O) groups excluding carboxylic acids is 6. The second-order valence-electron chi connectivity index (χ2n) is 16.4. The fourth-order valence-corrected chi connectivity index (χ4v) is 8.03. The van der Waals surface area contributed by atoms with Crippen LogP contribution in [0.1, 0.15) is 87.8 Å². The van der Waals surface area contributed by atoms with E-state index < -0.39 is 59.2 Å². The Bertz CT molecular complexity index is 2210. The molecule has 0 aliphatic heterocycles. The van der Waals surface area contributed by atoms with Gasteiger partial charge in [0.2, 0.25) is 35.4 Å². The van der Waals surface area contributed by atoms with E-state index in [1.165, 1.54) is 6.92 Å². The van der Waals surface area contributed by atoms with Crippen LogP contribution in [0.25, 0.3) is 10.8 Å². The third-order valence-corrected chi connectivity index (χ3v) is 11.6. The van der Waals surface area contributed by atoms with E-state index in [9.17, 15) is 28.8 Å². The van der Waals surface area contributed by atoms with Crippen LogP contribution in [-0.2, 0) is 41.6 Å². The Kier molecular flexibility index (Phi) is 17.2. The Hall–Kier alpha value is -6.77. The quantitative estimate of drug-likeness (QED) is 0.0341. The molecule has 11 N–H and O–H groups in total. The van der Waals surface area contributed by atoms with Crippen molar-refractivity contribution in [2.24, 2.45) is 11.5 Å². The number of hydrogen-bond acceptors (Lipinski definition) is 7. The van der Waals surface area contributed by atoms with E-state index >= 15 is 0 Å². The molecule has 0 unspecified atom stereocenters. The van der Waals surface area contributed by atoms with Crippen molar-refractivity contribution in [3.05, 3.63) is 120 Å². The maximum atomic E-state index is 14.6. The van der Waals surface area contributed by atoms with Gasteiger partial charge in [-0.25, -0.2) is 0 Å². The Morgan fingerprint density at radius 1 is 0.698 bits per heavy atom. The van der Waals surface area contributed by atoms with Gasteiger partial charge in [-0.15, -0.1) is 0 Å². The van der Waals surface area contributed by atoms with E-state index in [0.717, 1.165) is 27.5 Å². The van der Waals surface area contributed by atoms with Gasteiger partial charge in [-0.05, 0) is 85.3 Å². The van der Waals surface area contributed by atoms with Crippen LogP contribution in [0.5, 0.6) is 0 Å². The second kappa shape index (κ2) is 22.9. The third kappa shape index (κ3) is 13.9. The first kappa shape index (κ1) is 47.3. The number of guanidine groups is 1. The van der Waals surface area contributed by atoms with E-state index in [2.05, 4.69) is 44.0 Å². The van der Waals surface area contributed by atoms with Gasteiger partial charge in [0.1, 0.15) is 29.7 Å². The van der Waals surface area contributed by atoms with Crippen LogP contribution in [0.4, 0.5) is 0 Å². The van der Waals surface area contributed by atoms with E-state index in [-0.39, 0.29) is 56.4 Å². The van der Waals surface area contributed by atoms with Gasteiger partial charge < -0.3 is 43.4 Å². The SMILES string of the molecule is CCCC(=O)N[C@]1(C(=O)N[C@H](Cc2ccccc2)C(=O)N[C@@H](CCCNC(=N)N)C(=O)N[C@@H](Cc2ccc3ccccc3c2)C(=O)N[C@@H](C)C(N)=O)CC[C@H](c2ccccc2)CC1. The monoisotopic (exact) mass is 859 g/mol. The molecule has 0 spiro atoms. The molecule has 334 valence electrons. The van der Waals surface area contributed by atoms with Crippen molar-refractivity contribution in [1.82, 2.24) is 31.9 Å². The number of carbonyl (C=O) groups is 6. The summed E-state index contributed by atoms with van der Waals surface area (Å²) < 4.78 is 0. The van der Waals surface area contributed by atoms with Crippen molar-refractivity contribution in [3.63, 3.8) is 0 Å². The van der Waals surface area contributed by atoms with E-state index in [1.807, 2.05) is 97.9 Å². The first-order valence-electron chi connectivity index (χ1n) is 21.7. The van der Waals surface area contributed by atoms with Crippen LogP contribution in [0, 0.1) is 5.41 Å². The number of fused-ring (bicyclic) bond motifs is 1. The molecular formula is C48H61N9O6. The molecule has 15 heteroatoms. The van der Waals surface area contributed by atoms with Crippen LogP contribution in [0.3, 0.4) is 0 Å². The van der Waals surface area contributed by atoms with Crippen LogP contribution in [0.2, 0.25) is 0 Å². The van der Waals surface area contributed by atoms with Gasteiger partial charge in [0.25, 0.3) is 0 Å². The van der Waals surface area contributed by atoms with Gasteiger partial charge in [0.05, 0.1) is 0 Å². The Morgan fingerprint density at radius 3 is 1.92 bits per heavy atom. The molecule has 6 amide bonds. The fourth-order valence-electron chi connectivity index (χ4n) is 8.03. The highest BCUT2D eigenvalue weighted by molar-refractivity contribution is 5.98. The van der Waals surface area contributed by atoms with E-state index in [0.29, 0.717) is 32.1 Å². The lowest BCUT2D eigenvalue weighted by Gasteiger charge is -2.40. The lowest BCUT2D eigenvalue weighted by atomic mass is 9.73. The summed E-state index contributed by atoms with van der Waals surface area (Å²) in [6.45, 7) is 3.54. The van der Waals surface area contributed by atoms with Gasteiger partial charge in [0.15, 0.2) is 5.96 Å². The van der Waals surface area contributed by atoms with E-state index in [4.69, 9.17) is 16.9 Å². The maximum absolute atomic E-state index is 14.6. The highest BCUT2D eigenvalue weighted by atomic mass is 16.2. The second-order valence-corrected chi connectivity index (χ2v) is 16.4. The molecule has 4 atom stereocenters. The molecule has 0 radical (unpaired) electrons. The lowest BCUT2D eigenvalue weighted by Crippen LogP contribution is -2.64. The van der Waals surface area contributed by atoms with Crippen molar-refractivity contribution in [3.8, 4) is 0 Å². The first-order valence-corrected chi connectivity index (χ1v) is 21.7. The zero-order valence-corrected chi connectivity index (χ0v) is 36.1. The maximum Gasteiger partial charge on any atom is 0.246 e. The third-order valence-electron chi connectivity index (χ3n) is 11.6. The summed E-state index contributed by atoms with van der Waals surface area (Å²) in [4.78, 5) is 82.4. The average Bonchev–Trinajstić information content (AvgIpc) is 3.27. The summed E-state index contributed by atoms with van der Waals surface area (Å²) in [6, 6.07) is 28.0. The number of nitrogens with one attached hydrogen (secondary N) is 7. The molecule has 63 heavy (non-hydrogen) atoms. The molecule has 4 aromatic carbocycles. The van der Waals surface area contributed by atoms with Crippen LogP contribution in [-0.4, -0.2) is 77.7 Å². The molecular weight excluding hydrogens is 799 g/mol. The molecule has 0 heterocycles. The summed E-state index contributed by atoms with van der Waals surface area (Å²) in [5, 5.41) is 26.5. The van der Waals surface area contributed by atoms with Gasteiger partial charge in [0, 0.05) is 25.8 Å². The number of amides is 6. The van der Waals surface area contributed by atoms with Crippen molar-refractivity contribution in [2.45, 2.75) is 114 Å². The molecule has 1 aliphatic carbocycles. The lowest BCUT2D eigenvalue weighted by molar-refractivity contribution is -0.138. The highest BCUT2D eigenvalue weighted by Crippen LogP contribution is 2.38. The Balaban J connectivity index is 1.41. The smallest absolute Gasteiger partial charge is 0.246 e. The summed E-state index contributed by atoms with van der Waals surface area (Å²) in [5.74, 6) is -3.57. The molecule has 0 saturated heterocycles. The first-order chi connectivity index (χ1) is 30.3.